The van der Waals surface area contributed by atoms with E-state index in [1.54, 1.807) is 0 Å². The molecule has 0 unspecified atom stereocenters. The maximum Gasteiger partial charge on any atom is 0.264 e. The van der Waals surface area contributed by atoms with Gasteiger partial charge in [-0.25, -0.2) is 0 Å². The molecule has 53 heavy (non-hydrogen) atoms. The Balaban J connectivity index is 1.34. The standard InChI is InChI=1S/C48H34BN3S/c1-48(2,3)34-22-14-24-37-41(34)33-28-35-46-42(44(33)50(37)29-16-6-4-7-17-29)31-20-10-12-23-36(31)52(46)39-26-15-25-38-43(39)49(35)47-45(32-21-11-13-27-40(32)53-47)51(38)30-18-8-5-9-19-30/h4-28H,1-3H3. The Labute approximate surface area is 312 Å². The van der Waals surface area contributed by atoms with Gasteiger partial charge < -0.3 is 14.0 Å². The van der Waals surface area contributed by atoms with Crippen molar-refractivity contribution in [1.29, 1.82) is 0 Å². The number of rotatable bonds is 2. The molecule has 12 rings (SSSR count). The summed E-state index contributed by atoms with van der Waals surface area (Å²) in [4.78, 5) is 2.54. The van der Waals surface area contributed by atoms with Crippen LogP contribution in [0.15, 0.2) is 152 Å². The van der Waals surface area contributed by atoms with E-state index >= 15 is 0 Å². The summed E-state index contributed by atoms with van der Waals surface area (Å²) in [5.41, 5.74) is 15.4. The van der Waals surface area contributed by atoms with Crippen LogP contribution in [0.5, 0.6) is 0 Å². The van der Waals surface area contributed by atoms with Crippen LogP contribution in [-0.4, -0.2) is 15.8 Å². The minimum atomic E-state index is -0.0467. The second-order valence-electron chi connectivity index (χ2n) is 15.7. The molecule has 0 fully saturated rings. The average molecular weight is 696 g/mol. The van der Waals surface area contributed by atoms with Crippen molar-refractivity contribution in [2.45, 2.75) is 26.2 Å². The molecular formula is C48H34BN3S. The van der Waals surface area contributed by atoms with Crippen LogP contribution in [0.2, 0.25) is 0 Å². The molecular weight excluding hydrogens is 661 g/mol. The minimum absolute atomic E-state index is 0.0467. The van der Waals surface area contributed by atoms with Crippen LogP contribution in [0.25, 0.3) is 65.1 Å². The highest BCUT2D eigenvalue weighted by Crippen LogP contribution is 2.48. The second-order valence-corrected chi connectivity index (χ2v) is 16.8. The molecule has 7 aromatic carbocycles. The lowest BCUT2D eigenvalue weighted by Crippen LogP contribution is -2.59. The molecule has 250 valence electrons. The Morgan fingerprint density at radius 3 is 1.98 bits per heavy atom. The van der Waals surface area contributed by atoms with Gasteiger partial charge in [-0.2, -0.15) is 0 Å². The molecule has 2 aliphatic rings. The normalized spacial score (nSPS) is 13.5. The molecule has 0 amide bonds. The van der Waals surface area contributed by atoms with E-state index in [0.29, 0.717) is 0 Å². The van der Waals surface area contributed by atoms with E-state index in [-0.39, 0.29) is 12.1 Å². The Morgan fingerprint density at radius 2 is 1.19 bits per heavy atom. The van der Waals surface area contributed by atoms with Gasteiger partial charge in [0.05, 0.1) is 27.8 Å². The van der Waals surface area contributed by atoms with E-state index in [4.69, 9.17) is 0 Å². The molecule has 0 saturated carbocycles. The SMILES string of the molecule is CC(C)(C)c1cccc2c1c1cc3c4c(c5ccccc5n4-c4cccc5c4B3c3sc4ccccc4c3N5c3ccccc3)c1n2-c1ccccc1. The summed E-state index contributed by atoms with van der Waals surface area (Å²) in [6.07, 6.45) is 0. The number of para-hydroxylation sites is 3. The summed E-state index contributed by atoms with van der Waals surface area (Å²) in [5.74, 6) is 0. The Bertz CT molecular complexity index is 3160. The van der Waals surface area contributed by atoms with E-state index in [1.807, 2.05) is 11.3 Å². The summed E-state index contributed by atoms with van der Waals surface area (Å²) in [7, 11) is 0. The molecule has 5 heterocycles. The fraction of sp³-hybridized carbons (Fsp3) is 0.0833. The number of fused-ring (bicyclic) bond motifs is 13. The third-order valence-electron chi connectivity index (χ3n) is 11.8. The molecule has 2 aliphatic heterocycles. The number of hydrogen-bond acceptors (Lipinski definition) is 2. The number of nitrogens with zero attached hydrogens (tertiary/aromatic N) is 3. The predicted octanol–water partition coefficient (Wildman–Crippen LogP) is 11.0. The number of hydrogen-bond donors (Lipinski definition) is 0. The van der Waals surface area contributed by atoms with Crippen molar-refractivity contribution in [3.8, 4) is 11.4 Å². The molecule has 0 spiro atoms. The maximum absolute atomic E-state index is 2.60. The summed E-state index contributed by atoms with van der Waals surface area (Å²) in [6, 6.07) is 56.5. The highest BCUT2D eigenvalue weighted by Gasteiger charge is 2.44. The van der Waals surface area contributed by atoms with E-state index in [0.717, 1.165) is 0 Å². The fourth-order valence-electron chi connectivity index (χ4n) is 9.77. The molecule has 5 heteroatoms. The lowest BCUT2D eigenvalue weighted by atomic mass is 9.36. The van der Waals surface area contributed by atoms with Crippen LogP contribution in [0.1, 0.15) is 26.3 Å². The Kier molecular flexibility index (Phi) is 5.74. The van der Waals surface area contributed by atoms with Crippen molar-refractivity contribution >= 4 is 105 Å². The van der Waals surface area contributed by atoms with Crippen molar-refractivity contribution in [2.24, 2.45) is 0 Å². The van der Waals surface area contributed by atoms with Crippen molar-refractivity contribution in [1.82, 2.24) is 9.13 Å². The zero-order chi connectivity index (χ0) is 35.2. The second kappa shape index (κ2) is 10.3. The average Bonchev–Trinajstić information content (AvgIpc) is 3.85. The number of anilines is 3. The predicted molar refractivity (Wildman–Crippen MR) is 229 cm³/mol. The van der Waals surface area contributed by atoms with Crippen molar-refractivity contribution in [2.75, 3.05) is 4.90 Å². The van der Waals surface area contributed by atoms with Crippen LogP contribution >= 0.6 is 11.3 Å². The first-order valence-corrected chi connectivity index (χ1v) is 19.4. The topological polar surface area (TPSA) is 13.1 Å². The quantitative estimate of drug-likeness (QED) is 0.164. The minimum Gasteiger partial charge on any atom is -0.310 e. The monoisotopic (exact) mass is 695 g/mol. The zero-order valence-electron chi connectivity index (χ0n) is 29.8. The lowest BCUT2D eigenvalue weighted by Gasteiger charge is -2.38. The molecule has 10 aromatic rings. The summed E-state index contributed by atoms with van der Waals surface area (Å²) < 4.78 is 7.88. The van der Waals surface area contributed by atoms with Gasteiger partial charge >= 0.3 is 0 Å². The molecule has 0 atom stereocenters. The largest absolute Gasteiger partial charge is 0.310 e. The molecule has 0 N–H and O–H groups in total. The van der Waals surface area contributed by atoms with Gasteiger partial charge in [0.2, 0.25) is 0 Å². The zero-order valence-corrected chi connectivity index (χ0v) is 30.6. The molecule has 0 aliphatic carbocycles. The van der Waals surface area contributed by atoms with Crippen molar-refractivity contribution in [3.63, 3.8) is 0 Å². The number of benzene rings is 7. The van der Waals surface area contributed by atoms with Crippen LogP contribution in [0, 0.1) is 0 Å². The summed E-state index contributed by atoms with van der Waals surface area (Å²) >= 11 is 1.97. The summed E-state index contributed by atoms with van der Waals surface area (Å²) in [5, 5.41) is 6.61. The van der Waals surface area contributed by atoms with E-state index in [9.17, 15) is 0 Å². The summed E-state index contributed by atoms with van der Waals surface area (Å²) in [6.45, 7) is 7.14. The van der Waals surface area contributed by atoms with Gasteiger partial charge in [0.1, 0.15) is 0 Å². The number of aromatic nitrogens is 2. The molecule has 3 nitrogen and oxygen atoms in total. The van der Waals surface area contributed by atoms with Gasteiger partial charge in [0.15, 0.2) is 0 Å². The van der Waals surface area contributed by atoms with Crippen LogP contribution < -0.4 is 20.6 Å². The molecule has 0 bridgehead atoms. The van der Waals surface area contributed by atoms with Gasteiger partial charge in [-0.15, -0.1) is 11.3 Å². The van der Waals surface area contributed by atoms with E-state index in [2.05, 4.69) is 186 Å². The first kappa shape index (κ1) is 29.5. The van der Waals surface area contributed by atoms with Gasteiger partial charge in [-0.1, -0.05) is 118 Å². The Hall–Kier alpha value is -6.04. The van der Waals surface area contributed by atoms with E-state index < -0.39 is 0 Å². The molecule has 0 radical (unpaired) electrons. The third kappa shape index (κ3) is 3.75. The highest BCUT2D eigenvalue weighted by molar-refractivity contribution is 7.33. The van der Waals surface area contributed by atoms with Gasteiger partial charge in [-0.3, -0.25) is 0 Å². The first-order chi connectivity index (χ1) is 26.0. The van der Waals surface area contributed by atoms with Crippen molar-refractivity contribution in [3.05, 3.63) is 157 Å². The number of thiophene rings is 1. The van der Waals surface area contributed by atoms with Gasteiger partial charge in [-0.05, 0) is 76.5 Å². The first-order valence-electron chi connectivity index (χ1n) is 18.6. The van der Waals surface area contributed by atoms with Crippen LogP contribution in [0.4, 0.5) is 17.1 Å². The van der Waals surface area contributed by atoms with E-state index in [1.165, 1.54) is 103 Å². The fourth-order valence-corrected chi connectivity index (χ4v) is 11.1. The molecule has 3 aromatic heterocycles. The maximum atomic E-state index is 2.60. The molecule has 0 saturated heterocycles. The van der Waals surface area contributed by atoms with Crippen LogP contribution in [0.3, 0.4) is 0 Å². The third-order valence-corrected chi connectivity index (χ3v) is 13.0. The van der Waals surface area contributed by atoms with Gasteiger partial charge in [0, 0.05) is 59.2 Å². The smallest absolute Gasteiger partial charge is 0.264 e. The van der Waals surface area contributed by atoms with Crippen LogP contribution in [-0.2, 0) is 5.41 Å². The van der Waals surface area contributed by atoms with Crippen molar-refractivity contribution < 1.29 is 0 Å². The van der Waals surface area contributed by atoms with Gasteiger partial charge in [0.25, 0.3) is 6.71 Å². The highest BCUT2D eigenvalue weighted by atomic mass is 32.1. The lowest BCUT2D eigenvalue weighted by molar-refractivity contribution is 0.596. The Morgan fingerprint density at radius 1 is 0.528 bits per heavy atom.